The molecule has 0 aliphatic rings. The van der Waals surface area contributed by atoms with Crippen molar-refractivity contribution in [3.63, 3.8) is 0 Å². The van der Waals surface area contributed by atoms with E-state index in [2.05, 4.69) is 56.3 Å². The van der Waals surface area contributed by atoms with Gasteiger partial charge in [0.2, 0.25) is 0 Å². The van der Waals surface area contributed by atoms with E-state index in [1.807, 2.05) is 62.4 Å². The molecule has 166 valence electrons. The van der Waals surface area contributed by atoms with Gasteiger partial charge in [0.25, 0.3) is 0 Å². The van der Waals surface area contributed by atoms with Gasteiger partial charge in [0, 0.05) is 12.7 Å². The van der Waals surface area contributed by atoms with Crippen LogP contribution in [0.25, 0.3) is 22.3 Å². The monoisotopic (exact) mass is 434 g/mol. The Morgan fingerprint density at radius 2 is 1.12 bits per heavy atom. The van der Waals surface area contributed by atoms with Crippen molar-refractivity contribution in [1.82, 2.24) is 0 Å². The van der Waals surface area contributed by atoms with Crippen molar-refractivity contribution in [2.75, 3.05) is 7.11 Å². The molecule has 0 aromatic heterocycles. The van der Waals surface area contributed by atoms with Gasteiger partial charge in [0.05, 0.1) is 0 Å². The van der Waals surface area contributed by atoms with Crippen LogP contribution in [0.2, 0.25) is 0 Å². The minimum Gasteiger partial charge on any atom is -0.366 e. The highest BCUT2D eigenvalue weighted by Gasteiger charge is 2.35. The van der Waals surface area contributed by atoms with E-state index < -0.39 is 5.60 Å². The Balaban J connectivity index is 1.57. The van der Waals surface area contributed by atoms with E-state index >= 15 is 0 Å². The Labute approximate surface area is 196 Å². The number of ether oxygens (including phenoxy) is 1. The molecule has 0 saturated carbocycles. The molecule has 0 N–H and O–H groups in total. The van der Waals surface area contributed by atoms with Crippen LogP contribution in [0, 0.1) is 20.8 Å². The second-order valence-corrected chi connectivity index (χ2v) is 8.89. The second-order valence-electron chi connectivity index (χ2n) is 8.89. The molecule has 2 nitrogen and oxygen atoms in total. The molecule has 0 amide bonds. The fourth-order valence-electron chi connectivity index (χ4n) is 4.08. The van der Waals surface area contributed by atoms with E-state index in [0.29, 0.717) is 5.56 Å². The average Bonchev–Trinajstić information content (AvgIpc) is 2.85. The summed E-state index contributed by atoms with van der Waals surface area (Å²) in [7, 11) is 1.59. The molecule has 4 aromatic rings. The molecule has 0 saturated heterocycles. The van der Waals surface area contributed by atoms with E-state index in [0.717, 1.165) is 22.3 Å². The van der Waals surface area contributed by atoms with Crippen molar-refractivity contribution in [1.29, 1.82) is 0 Å². The van der Waals surface area contributed by atoms with Crippen molar-refractivity contribution < 1.29 is 9.53 Å². The van der Waals surface area contributed by atoms with Crippen LogP contribution >= 0.6 is 0 Å². The molecule has 2 heteroatoms. The van der Waals surface area contributed by atoms with Crippen molar-refractivity contribution in [3.8, 4) is 22.3 Å². The molecule has 33 heavy (non-hydrogen) atoms. The van der Waals surface area contributed by atoms with Crippen LogP contribution in [0.15, 0.2) is 91.0 Å². The lowest BCUT2D eigenvalue weighted by Crippen LogP contribution is -2.34. The Hall–Kier alpha value is -3.49. The smallest absolute Gasteiger partial charge is 0.198 e. The number of methoxy groups -OCH3 is 1. The lowest BCUT2D eigenvalue weighted by atomic mass is 9.86. The van der Waals surface area contributed by atoms with Crippen molar-refractivity contribution >= 4 is 5.78 Å². The zero-order chi connectivity index (χ0) is 23.6. The molecule has 1 unspecified atom stereocenters. The quantitative estimate of drug-likeness (QED) is 0.291. The summed E-state index contributed by atoms with van der Waals surface area (Å²) in [6, 6.07) is 30.8. The zero-order valence-electron chi connectivity index (χ0n) is 20.0. The summed E-state index contributed by atoms with van der Waals surface area (Å²) >= 11 is 0. The fourth-order valence-corrected chi connectivity index (χ4v) is 4.08. The summed E-state index contributed by atoms with van der Waals surface area (Å²) in [5, 5.41) is 0. The number of hydrogen-bond acceptors (Lipinski definition) is 2. The first-order valence-corrected chi connectivity index (χ1v) is 11.3. The molecule has 0 bridgehead atoms. The first-order valence-electron chi connectivity index (χ1n) is 11.3. The van der Waals surface area contributed by atoms with E-state index in [-0.39, 0.29) is 5.78 Å². The summed E-state index contributed by atoms with van der Waals surface area (Å²) < 4.78 is 5.72. The van der Waals surface area contributed by atoms with Gasteiger partial charge in [0.1, 0.15) is 0 Å². The second kappa shape index (κ2) is 9.17. The summed E-state index contributed by atoms with van der Waals surface area (Å²) in [5.74, 6) is -0.0505. The van der Waals surface area contributed by atoms with Crippen molar-refractivity contribution in [2.45, 2.75) is 33.3 Å². The highest BCUT2D eigenvalue weighted by molar-refractivity contribution is 6.03. The Morgan fingerprint density at radius 3 is 1.64 bits per heavy atom. The first kappa shape index (κ1) is 22.7. The SMILES string of the molecule is COC(C)(C(=O)c1ccc(-c2ccc(-c3ccc(C)c(C)c3)cc2)cc1)c1ccc(C)cc1. The minimum atomic E-state index is -1.02. The number of rotatable bonds is 6. The molecule has 0 heterocycles. The van der Waals surface area contributed by atoms with Gasteiger partial charge >= 0.3 is 0 Å². The molecule has 1 atom stereocenters. The van der Waals surface area contributed by atoms with Gasteiger partial charge in [-0.1, -0.05) is 96.6 Å². The van der Waals surface area contributed by atoms with Gasteiger partial charge in [-0.05, 0) is 66.6 Å². The summed E-state index contributed by atoms with van der Waals surface area (Å²) in [6.45, 7) is 8.14. The molecule has 0 fully saturated rings. The number of carbonyl (C=O) groups excluding carboxylic acids is 1. The van der Waals surface area contributed by atoms with E-state index in [4.69, 9.17) is 4.74 Å². The topological polar surface area (TPSA) is 26.3 Å². The van der Waals surface area contributed by atoms with E-state index in [1.165, 1.54) is 22.3 Å². The maximum Gasteiger partial charge on any atom is 0.198 e. The number of carbonyl (C=O) groups is 1. The Morgan fingerprint density at radius 1 is 0.636 bits per heavy atom. The Bertz CT molecular complexity index is 1270. The summed E-state index contributed by atoms with van der Waals surface area (Å²) in [4.78, 5) is 13.4. The third-order valence-corrected chi connectivity index (χ3v) is 6.65. The van der Waals surface area contributed by atoms with Crippen LogP contribution in [-0.4, -0.2) is 12.9 Å². The largest absolute Gasteiger partial charge is 0.366 e. The van der Waals surface area contributed by atoms with E-state index in [9.17, 15) is 4.79 Å². The highest BCUT2D eigenvalue weighted by Crippen LogP contribution is 2.31. The lowest BCUT2D eigenvalue weighted by Gasteiger charge is -2.27. The molecule has 0 aliphatic carbocycles. The number of ketones is 1. The highest BCUT2D eigenvalue weighted by atomic mass is 16.5. The van der Waals surface area contributed by atoms with Gasteiger partial charge in [0.15, 0.2) is 11.4 Å². The van der Waals surface area contributed by atoms with Gasteiger partial charge in [-0.15, -0.1) is 0 Å². The molecule has 0 spiro atoms. The van der Waals surface area contributed by atoms with Crippen molar-refractivity contribution in [2.24, 2.45) is 0 Å². The van der Waals surface area contributed by atoms with Gasteiger partial charge in [-0.2, -0.15) is 0 Å². The Kier molecular flexibility index (Phi) is 6.31. The maximum absolute atomic E-state index is 13.4. The predicted octanol–water partition coefficient (Wildman–Crippen LogP) is 7.69. The number of benzene rings is 4. The van der Waals surface area contributed by atoms with Crippen LogP contribution in [0.4, 0.5) is 0 Å². The van der Waals surface area contributed by atoms with Crippen LogP contribution in [0.3, 0.4) is 0 Å². The predicted molar refractivity (Wildman–Crippen MR) is 137 cm³/mol. The normalized spacial score (nSPS) is 12.9. The maximum atomic E-state index is 13.4. The van der Waals surface area contributed by atoms with Crippen LogP contribution in [0.5, 0.6) is 0 Å². The molecule has 4 rings (SSSR count). The number of aryl methyl sites for hydroxylation is 3. The molecular formula is C31H30O2. The molecular weight excluding hydrogens is 404 g/mol. The standard InChI is InChI=1S/C31H30O2/c1-21-6-18-29(19-7-21)31(4,33-5)30(32)27-16-14-25(15-17-27)24-10-12-26(13-11-24)28-9-8-22(2)23(3)20-28/h6-20H,1-5H3. The minimum absolute atomic E-state index is 0.0505. The third kappa shape index (κ3) is 4.53. The van der Waals surface area contributed by atoms with Crippen LogP contribution < -0.4 is 0 Å². The number of Topliss-reactive ketones (excluding diaryl/α,β-unsaturated/α-hetero) is 1. The van der Waals surface area contributed by atoms with Gasteiger partial charge in [-0.3, -0.25) is 4.79 Å². The number of hydrogen-bond donors (Lipinski definition) is 0. The molecule has 0 radical (unpaired) electrons. The molecule has 4 aromatic carbocycles. The molecule has 0 aliphatic heterocycles. The van der Waals surface area contributed by atoms with Crippen molar-refractivity contribution in [3.05, 3.63) is 119 Å². The summed E-state index contributed by atoms with van der Waals surface area (Å²) in [5.41, 5.74) is 8.83. The summed E-state index contributed by atoms with van der Waals surface area (Å²) in [6.07, 6.45) is 0. The van der Waals surface area contributed by atoms with E-state index in [1.54, 1.807) is 7.11 Å². The third-order valence-electron chi connectivity index (χ3n) is 6.65. The van der Waals surface area contributed by atoms with Gasteiger partial charge in [-0.25, -0.2) is 0 Å². The lowest BCUT2D eigenvalue weighted by molar-refractivity contribution is 0.0101. The first-order chi connectivity index (χ1) is 15.8. The fraction of sp³-hybridized carbons (Fsp3) is 0.194. The average molecular weight is 435 g/mol. The zero-order valence-corrected chi connectivity index (χ0v) is 20.0. The van der Waals surface area contributed by atoms with Crippen LogP contribution in [0.1, 0.15) is 39.5 Å². The van der Waals surface area contributed by atoms with Gasteiger partial charge < -0.3 is 4.74 Å². The van der Waals surface area contributed by atoms with Crippen LogP contribution in [-0.2, 0) is 10.3 Å².